The van der Waals surface area contributed by atoms with Crippen LogP contribution in [0, 0.1) is 0 Å². The second-order valence-electron chi connectivity index (χ2n) is 9.12. The zero-order valence-electron chi connectivity index (χ0n) is 19.7. The van der Waals surface area contributed by atoms with E-state index in [-0.39, 0.29) is 30.0 Å². The van der Waals surface area contributed by atoms with Crippen LogP contribution >= 0.6 is 24.0 Å². The third-order valence-corrected chi connectivity index (χ3v) is 5.48. The highest BCUT2D eigenvalue weighted by Gasteiger charge is 2.30. The van der Waals surface area contributed by atoms with E-state index in [2.05, 4.69) is 39.5 Å². The largest absolute Gasteiger partial charge is 0.444 e. The van der Waals surface area contributed by atoms with Gasteiger partial charge < -0.3 is 20.3 Å². The quantitative estimate of drug-likeness (QED) is 0.242. The molecule has 2 unspecified atom stereocenters. The zero-order chi connectivity index (χ0) is 22.3. The second-order valence-corrected chi connectivity index (χ2v) is 9.12. The summed E-state index contributed by atoms with van der Waals surface area (Å²) in [5, 5.41) is 6.43. The van der Waals surface area contributed by atoms with Gasteiger partial charge in [0.1, 0.15) is 5.60 Å². The van der Waals surface area contributed by atoms with Crippen molar-refractivity contribution in [3.8, 4) is 0 Å². The Bertz CT molecular complexity index is 770. The van der Waals surface area contributed by atoms with E-state index in [0.717, 1.165) is 50.7 Å². The van der Waals surface area contributed by atoms with Crippen LogP contribution in [0.2, 0.25) is 0 Å². The average molecular weight is 556 g/mol. The summed E-state index contributed by atoms with van der Waals surface area (Å²) < 4.78 is 5.48. The van der Waals surface area contributed by atoms with Crippen molar-refractivity contribution < 1.29 is 9.53 Å². The monoisotopic (exact) mass is 555 g/mol. The van der Waals surface area contributed by atoms with Crippen molar-refractivity contribution in [1.29, 1.82) is 0 Å². The Hall–Kier alpha value is -1.81. The van der Waals surface area contributed by atoms with E-state index in [0.29, 0.717) is 12.6 Å². The topological polar surface area (TPSA) is 69.2 Å². The van der Waals surface area contributed by atoms with Gasteiger partial charge in [-0.05, 0) is 39.7 Å². The van der Waals surface area contributed by atoms with Crippen LogP contribution in [0.15, 0.2) is 47.5 Å². The number of nitrogens with one attached hydrogen (secondary N) is 2. The van der Waals surface area contributed by atoms with Crippen LogP contribution < -0.4 is 10.6 Å². The van der Waals surface area contributed by atoms with Crippen LogP contribution in [-0.4, -0.2) is 72.8 Å². The minimum atomic E-state index is -0.543. The number of carbonyl (C=O) groups is 1. The molecule has 1 aromatic carbocycles. The lowest BCUT2D eigenvalue weighted by Gasteiger charge is -2.26. The fraction of sp³-hybridized carbons (Fsp3) is 0.583. The maximum Gasteiger partial charge on any atom is 0.408 e. The highest BCUT2D eigenvalue weighted by atomic mass is 127. The number of benzene rings is 1. The Morgan fingerprint density at radius 2 is 1.91 bits per heavy atom. The SMILES string of the molecule is CCNC(=NCC(NC(=O)OC(C)(C)C)c1ccccc1)N1CCC(N2CC=CC2)C1.I. The predicted octanol–water partition coefficient (Wildman–Crippen LogP) is 3.78. The molecular weight excluding hydrogens is 517 g/mol. The molecule has 8 heteroatoms. The van der Waals surface area contributed by atoms with Crippen LogP contribution in [0.4, 0.5) is 4.79 Å². The minimum Gasteiger partial charge on any atom is -0.444 e. The molecule has 0 spiro atoms. The summed E-state index contributed by atoms with van der Waals surface area (Å²) in [5.74, 6) is 0.907. The number of nitrogens with zero attached hydrogens (tertiary/aromatic N) is 3. The Morgan fingerprint density at radius 1 is 1.22 bits per heavy atom. The molecule has 2 atom stereocenters. The first-order chi connectivity index (χ1) is 14.9. The number of hydrogen-bond acceptors (Lipinski definition) is 4. The van der Waals surface area contributed by atoms with E-state index >= 15 is 0 Å². The van der Waals surface area contributed by atoms with E-state index in [1.54, 1.807) is 0 Å². The summed E-state index contributed by atoms with van der Waals surface area (Å²) >= 11 is 0. The first-order valence-electron chi connectivity index (χ1n) is 11.3. The Morgan fingerprint density at radius 3 is 2.53 bits per heavy atom. The van der Waals surface area contributed by atoms with Gasteiger partial charge in [-0.2, -0.15) is 0 Å². The number of carbonyl (C=O) groups excluding carboxylic acids is 1. The van der Waals surface area contributed by atoms with Gasteiger partial charge in [-0.15, -0.1) is 24.0 Å². The first-order valence-corrected chi connectivity index (χ1v) is 11.3. The van der Waals surface area contributed by atoms with Gasteiger partial charge in [-0.1, -0.05) is 42.5 Å². The van der Waals surface area contributed by atoms with Crippen LogP contribution in [-0.2, 0) is 4.74 Å². The standard InChI is InChI=1S/C24H37N5O2.HI/c1-5-25-22(29-16-13-20(18-29)28-14-9-10-15-28)26-17-21(19-11-7-6-8-12-19)27-23(30)31-24(2,3)4;/h6-12,20-21H,5,13-18H2,1-4H3,(H,25,26)(H,27,30);1H. The number of likely N-dealkylation sites (tertiary alicyclic amines) is 1. The summed E-state index contributed by atoms with van der Waals surface area (Å²) in [5.41, 5.74) is 0.466. The third-order valence-electron chi connectivity index (χ3n) is 5.48. The number of aliphatic imine (C=N–C) groups is 1. The lowest BCUT2D eigenvalue weighted by atomic mass is 10.1. The third kappa shape index (κ3) is 7.95. The van der Waals surface area contributed by atoms with E-state index in [9.17, 15) is 4.79 Å². The summed E-state index contributed by atoms with van der Waals surface area (Å²) in [6.45, 7) is 13.0. The normalized spacial score (nSPS) is 20.1. The molecule has 1 saturated heterocycles. The fourth-order valence-corrected chi connectivity index (χ4v) is 4.00. The van der Waals surface area contributed by atoms with E-state index < -0.39 is 11.7 Å². The van der Waals surface area contributed by atoms with Gasteiger partial charge in [0.15, 0.2) is 5.96 Å². The van der Waals surface area contributed by atoms with Crippen LogP contribution in [0.5, 0.6) is 0 Å². The van der Waals surface area contributed by atoms with Gasteiger partial charge in [0.2, 0.25) is 0 Å². The number of halogens is 1. The Kier molecular flexibility index (Phi) is 10.3. The summed E-state index contributed by atoms with van der Waals surface area (Å²) in [6.07, 6.45) is 5.21. The predicted molar refractivity (Wildman–Crippen MR) is 141 cm³/mol. The summed E-state index contributed by atoms with van der Waals surface area (Å²) in [7, 11) is 0. The number of hydrogen-bond donors (Lipinski definition) is 2. The molecular formula is C24H38IN5O2. The fourth-order valence-electron chi connectivity index (χ4n) is 4.00. The van der Waals surface area contributed by atoms with Crippen LogP contribution in [0.3, 0.4) is 0 Å². The number of rotatable bonds is 6. The number of alkyl carbamates (subject to hydrolysis) is 1. The lowest BCUT2D eigenvalue weighted by Crippen LogP contribution is -2.43. The highest BCUT2D eigenvalue weighted by molar-refractivity contribution is 14.0. The molecule has 2 aliphatic heterocycles. The number of ether oxygens (including phenoxy) is 1. The molecule has 0 radical (unpaired) electrons. The van der Waals surface area contributed by atoms with E-state index in [1.807, 2.05) is 51.1 Å². The molecule has 32 heavy (non-hydrogen) atoms. The van der Waals surface area contributed by atoms with Crippen molar-refractivity contribution in [2.75, 3.05) is 39.3 Å². The molecule has 178 valence electrons. The van der Waals surface area contributed by atoms with Crippen molar-refractivity contribution in [2.45, 2.75) is 51.8 Å². The molecule has 2 heterocycles. The summed E-state index contributed by atoms with van der Waals surface area (Å²) in [6, 6.07) is 10.2. The van der Waals surface area contributed by atoms with Gasteiger partial charge in [-0.25, -0.2) is 4.79 Å². The van der Waals surface area contributed by atoms with E-state index in [1.165, 1.54) is 0 Å². The molecule has 3 rings (SSSR count). The van der Waals surface area contributed by atoms with Gasteiger partial charge in [0.25, 0.3) is 0 Å². The van der Waals surface area contributed by atoms with Crippen LogP contribution in [0.25, 0.3) is 0 Å². The molecule has 0 aromatic heterocycles. The van der Waals surface area contributed by atoms with Crippen molar-refractivity contribution in [3.63, 3.8) is 0 Å². The van der Waals surface area contributed by atoms with Gasteiger partial charge in [0.05, 0.1) is 12.6 Å². The molecule has 1 amide bonds. The van der Waals surface area contributed by atoms with Crippen molar-refractivity contribution in [1.82, 2.24) is 20.4 Å². The maximum absolute atomic E-state index is 12.4. The maximum atomic E-state index is 12.4. The molecule has 0 bridgehead atoms. The highest BCUT2D eigenvalue weighted by Crippen LogP contribution is 2.19. The van der Waals surface area contributed by atoms with Crippen molar-refractivity contribution in [3.05, 3.63) is 48.0 Å². The second kappa shape index (κ2) is 12.4. The molecule has 2 N–H and O–H groups in total. The Balaban J connectivity index is 0.00000363. The zero-order valence-corrected chi connectivity index (χ0v) is 22.0. The van der Waals surface area contributed by atoms with Crippen LogP contribution in [0.1, 0.15) is 45.7 Å². The number of amides is 1. The number of guanidine groups is 1. The van der Waals surface area contributed by atoms with Crippen molar-refractivity contribution in [2.24, 2.45) is 4.99 Å². The lowest BCUT2D eigenvalue weighted by molar-refractivity contribution is 0.0505. The Labute approximate surface area is 209 Å². The molecule has 0 saturated carbocycles. The minimum absolute atomic E-state index is 0. The average Bonchev–Trinajstić information content (AvgIpc) is 3.41. The van der Waals surface area contributed by atoms with Gasteiger partial charge >= 0.3 is 6.09 Å². The summed E-state index contributed by atoms with van der Waals surface area (Å²) in [4.78, 5) is 22.2. The van der Waals surface area contributed by atoms with Crippen molar-refractivity contribution >= 4 is 36.0 Å². The molecule has 2 aliphatic rings. The molecule has 0 aliphatic carbocycles. The molecule has 7 nitrogen and oxygen atoms in total. The first kappa shape index (κ1) is 26.4. The smallest absolute Gasteiger partial charge is 0.408 e. The van der Waals surface area contributed by atoms with E-state index in [4.69, 9.17) is 9.73 Å². The molecule has 1 fully saturated rings. The van der Waals surface area contributed by atoms with Gasteiger partial charge in [0, 0.05) is 38.8 Å². The molecule has 1 aromatic rings. The van der Waals surface area contributed by atoms with Gasteiger partial charge in [-0.3, -0.25) is 9.89 Å².